The van der Waals surface area contributed by atoms with Crippen LogP contribution in [0.1, 0.15) is 75.8 Å². The first kappa shape index (κ1) is 29.6. The fourth-order valence-electron chi connectivity index (χ4n) is 6.03. The lowest BCUT2D eigenvalue weighted by Crippen LogP contribution is -2.56. The minimum absolute atomic E-state index is 0.0411. The summed E-state index contributed by atoms with van der Waals surface area (Å²) in [6.07, 6.45) is -5.30. The summed E-state index contributed by atoms with van der Waals surface area (Å²) in [5.41, 5.74) is 2.05. The molecule has 1 amide bonds. The van der Waals surface area contributed by atoms with E-state index in [0.717, 1.165) is 6.92 Å². The van der Waals surface area contributed by atoms with Crippen molar-refractivity contribution in [3.63, 3.8) is 0 Å². The molecule has 2 aromatic carbocycles. The van der Waals surface area contributed by atoms with Crippen molar-refractivity contribution < 1.29 is 53.8 Å². The van der Waals surface area contributed by atoms with E-state index in [-0.39, 0.29) is 47.4 Å². The second kappa shape index (κ2) is 10.7. The minimum atomic E-state index is -2.06. The Balaban J connectivity index is 1.62. The van der Waals surface area contributed by atoms with Gasteiger partial charge in [0.2, 0.25) is 11.7 Å². The standard InChI is InChI=1S/C29H32N2O11/c1-11-24(34)15(31-18(33)10-30)7-19(41-11)42-17-9-29(39,12(2)32)8-14-21(17)28(38)23-22(26(14)36)25(35)13-5-4-6-16(40-3)20(13)27(23)37/h4-6,11,15,17,19,24,34,36,38-39H,7-10,30H2,1-3H3,(H,31,33)/t11?,15?,17-,19?,24?,29-/m0/s1. The van der Waals surface area contributed by atoms with Crippen molar-refractivity contribution in [1.82, 2.24) is 5.32 Å². The monoisotopic (exact) mass is 584 g/mol. The Bertz CT molecular complexity index is 1510. The number of benzene rings is 2. The van der Waals surface area contributed by atoms with Crippen LogP contribution >= 0.6 is 0 Å². The molecule has 1 saturated heterocycles. The second-order valence-electron chi connectivity index (χ2n) is 10.8. The Morgan fingerprint density at radius 2 is 1.83 bits per heavy atom. The predicted molar refractivity (Wildman–Crippen MR) is 143 cm³/mol. The molecule has 224 valence electrons. The number of ketones is 3. The van der Waals surface area contributed by atoms with Crippen LogP contribution in [-0.4, -0.2) is 87.5 Å². The number of fused-ring (bicyclic) bond motifs is 3. The molecule has 0 spiro atoms. The largest absolute Gasteiger partial charge is 0.507 e. The smallest absolute Gasteiger partial charge is 0.234 e. The van der Waals surface area contributed by atoms with Crippen LogP contribution in [0.15, 0.2) is 18.2 Å². The summed E-state index contributed by atoms with van der Waals surface area (Å²) in [6, 6.07) is 3.56. The molecule has 0 aromatic heterocycles. The third kappa shape index (κ3) is 4.63. The lowest BCUT2D eigenvalue weighted by molar-refractivity contribution is -0.249. The van der Waals surface area contributed by atoms with Gasteiger partial charge in [0.15, 0.2) is 17.9 Å². The van der Waals surface area contributed by atoms with E-state index in [0.29, 0.717) is 0 Å². The van der Waals surface area contributed by atoms with E-state index in [2.05, 4.69) is 5.32 Å². The van der Waals surface area contributed by atoms with Gasteiger partial charge < -0.3 is 45.7 Å². The van der Waals surface area contributed by atoms with Crippen molar-refractivity contribution in [1.29, 1.82) is 0 Å². The van der Waals surface area contributed by atoms with Crippen molar-refractivity contribution in [3.05, 3.63) is 51.6 Å². The highest BCUT2D eigenvalue weighted by Crippen LogP contribution is 2.52. The molecule has 2 aliphatic carbocycles. The normalized spacial score (nSPS) is 28.4. The highest BCUT2D eigenvalue weighted by atomic mass is 16.7. The van der Waals surface area contributed by atoms with Crippen molar-refractivity contribution in [3.8, 4) is 17.2 Å². The van der Waals surface area contributed by atoms with Gasteiger partial charge in [-0.1, -0.05) is 12.1 Å². The predicted octanol–water partition coefficient (Wildman–Crippen LogP) is 0.145. The number of methoxy groups -OCH3 is 1. The van der Waals surface area contributed by atoms with Crippen LogP contribution in [0.5, 0.6) is 17.2 Å². The number of hydrogen-bond acceptors (Lipinski definition) is 12. The Kier molecular flexibility index (Phi) is 7.58. The summed E-state index contributed by atoms with van der Waals surface area (Å²) in [5, 5.41) is 47.4. The molecule has 4 unspecified atom stereocenters. The molecule has 1 heterocycles. The number of rotatable bonds is 6. The number of nitrogens with one attached hydrogen (secondary N) is 1. The second-order valence-corrected chi connectivity index (χ2v) is 10.8. The molecule has 0 saturated carbocycles. The first-order chi connectivity index (χ1) is 19.8. The summed E-state index contributed by atoms with van der Waals surface area (Å²) >= 11 is 0. The molecule has 0 radical (unpaired) electrons. The number of aromatic hydroxyl groups is 2. The van der Waals surface area contributed by atoms with Crippen LogP contribution in [0, 0.1) is 0 Å². The Morgan fingerprint density at radius 3 is 2.48 bits per heavy atom. The fraction of sp³-hybridized carbons (Fsp3) is 0.448. The third-order valence-electron chi connectivity index (χ3n) is 8.29. The number of carbonyl (C=O) groups excluding carboxylic acids is 4. The lowest BCUT2D eigenvalue weighted by Gasteiger charge is -2.42. The Morgan fingerprint density at radius 1 is 1.14 bits per heavy atom. The number of nitrogens with two attached hydrogens (primary N) is 1. The molecule has 3 aliphatic rings. The first-order valence-electron chi connectivity index (χ1n) is 13.4. The van der Waals surface area contributed by atoms with Crippen LogP contribution in [-0.2, 0) is 25.5 Å². The first-order valence-corrected chi connectivity index (χ1v) is 13.4. The summed E-state index contributed by atoms with van der Waals surface area (Å²) in [7, 11) is 1.32. The van der Waals surface area contributed by atoms with E-state index < -0.39 is 88.5 Å². The van der Waals surface area contributed by atoms with Gasteiger partial charge in [0.25, 0.3) is 0 Å². The van der Waals surface area contributed by atoms with Gasteiger partial charge in [-0.25, -0.2) is 0 Å². The van der Waals surface area contributed by atoms with E-state index in [1.807, 2.05) is 0 Å². The number of aliphatic hydroxyl groups is 2. The molecule has 5 rings (SSSR count). The summed E-state index contributed by atoms with van der Waals surface area (Å²) in [6.45, 7) is 2.39. The number of phenolic OH excluding ortho intramolecular Hbond substituents is 2. The fourth-order valence-corrected chi connectivity index (χ4v) is 6.03. The molecule has 1 aliphatic heterocycles. The zero-order valence-electron chi connectivity index (χ0n) is 23.2. The molecule has 13 heteroatoms. The highest BCUT2D eigenvalue weighted by molar-refractivity contribution is 6.31. The Labute approximate surface area is 240 Å². The number of hydrogen-bond donors (Lipinski definition) is 6. The van der Waals surface area contributed by atoms with Crippen molar-refractivity contribution >= 4 is 23.3 Å². The van der Waals surface area contributed by atoms with Gasteiger partial charge in [-0.2, -0.15) is 0 Å². The average molecular weight is 585 g/mol. The maximum atomic E-state index is 13.7. The van der Waals surface area contributed by atoms with Crippen molar-refractivity contribution in [2.75, 3.05) is 13.7 Å². The van der Waals surface area contributed by atoms with Crippen LogP contribution in [0.25, 0.3) is 0 Å². The summed E-state index contributed by atoms with van der Waals surface area (Å²) < 4.78 is 17.2. The Hall–Kier alpha value is -3.88. The average Bonchev–Trinajstić information content (AvgIpc) is 2.95. The van der Waals surface area contributed by atoms with Crippen LogP contribution in [0.3, 0.4) is 0 Å². The molecule has 13 nitrogen and oxygen atoms in total. The molecular weight excluding hydrogens is 552 g/mol. The van der Waals surface area contributed by atoms with Gasteiger partial charge in [0, 0.05) is 36.0 Å². The lowest BCUT2D eigenvalue weighted by atomic mass is 9.72. The molecule has 1 fully saturated rings. The van der Waals surface area contributed by atoms with E-state index in [1.54, 1.807) is 6.92 Å². The molecule has 2 aromatic rings. The van der Waals surface area contributed by atoms with Gasteiger partial charge in [-0.3, -0.25) is 19.2 Å². The van der Waals surface area contributed by atoms with Gasteiger partial charge >= 0.3 is 0 Å². The van der Waals surface area contributed by atoms with Crippen LogP contribution in [0.2, 0.25) is 0 Å². The summed E-state index contributed by atoms with van der Waals surface area (Å²) in [4.78, 5) is 51.8. The zero-order valence-corrected chi connectivity index (χ0v) is 23.2. The topological polar surface area (TPSA) is 215 Å². The number of amides is 1. The van der Waals surface area contributed by atoms with Crippen LogP contribution in [0.4, 0.5) is 0 Å². The maximum Gasteiger partial charge on any atom is 0.234 e. The van der Waals surface area contributed by atoms with Crippen molar-refractivity contribution in [2.24, 2.45) is 5.73 Å². The van der Waals surface area contributed by atoms with Gasteiger partial charge in [0.05, 0.1) is 48.6 Å². The maximum absolute atomic E-state index is 13.7. The van der Waals surface area contributed by atoms with E-state index in [1.165, 1.54) is 25.3 Å². The van der Waals surface area contributed by atoms with Gasteiger partial charge in [0.1, 0.15) is 29.0 Å². The molecule has 7 N–H and O–H groups in total. The third-order valence-corrected chi connectivity index (χ3v) is 8.29. The molecule has 6 atom stereocenters. The van der Waals surface area contributed by atoms with Gasteiger partial charge in [-0.05, 0) is 19.9 Å². The summed E-state index contributed by atoms with van der Waals surface area (Å²) in [5.74, 6) is -3.92. The quantitative estimate of drug-likeness (QED) is 0.214. The highest BCUT2D eigenvalue weighted by Gasteiger charge is 2.49. The zero-order chi connectivity index (χ0) is 30.7. The number of ether oxygens (including phenoxy) is 3. The number of Topliss-reactive ketones (excluding diaryl/α,β-unsaturated/α-hetero) is 1. The SMILES string of the molecule is COc1cccc2c1C(=O)c1c(O)c3c(c(O)c1C2=O)C[C@@](O)(C(C)=O)C[C@@H]3OC1CC(NC(=O)CN)C(O)C(C)O1. The molecular formula is C29H32N2O11. The van der Waals surface area contributed by atoms with Crippen molar-refractivity contribution in [2.45, 2.75) is 69.4 Å². The number of aliphatic hydroxyl groups excluding tert-OH is 1. The number of carbonyl (C=O) groups is 4. The number of phenols is 2. The van der Waals surface area contributed by atoms with E-state index in [4.69, 9.17) is 19.9 Å². The molecule has 0 bridgehead atoms. The van der Waals surface area contributed by atoms with E-state index in [9.17, 15) is 39.6 Å². The minimum Gasteiger partial charge on any atom is -0.507 e. The van der Waals surface area contributed by atoms with Gasteiger partial charge in [-0.15, -0.1) is 0 Å². The van der Waals surface area contributed by atoms with E-state index >= 15 is 0 Å². The van der Waals surface area contributed by atoms with Crippen LogP contribution < -0.4 is 15.8 Å². The molecule has 42 heavy (non-hydrogen) atoms.